The van der Waals surface area contributed by atoms with Gasteiger partial charge in [-0.15, -0.1) is 0 Å². The van der Waals surface area contributed by atoms with Gasteiger partial charge in [0.2, 0.25) is 0 Å². The molecule has 2 aromatic carbocycles. The van der Waals surface area contributed by atoms with Crippen molar-refractivity contribution >= 4 is 0 Å². The van der Waals surface area contributed by atoms with E-state index in [0.29, 0.717) is 0 Å². The molecule has 0 aliphatic heterocycles. The Bertz CT molecular complexity index is 514. The van der Waals surface area contributed by atoms with Gasteiger partial charge in [0, 0.05) is 0 Å². The van der Waals surface area contributed by atoms with Crippen molar-refractivity contribution in [2.75, 3.05) is 0 Å². The Morgan fingerprint density at radius 1 is 0.800 bits per heavy atom. The Balaban J connectivity index is 1.90. The van der Waals surface area contributed by atoms with E-state index in [0.717, 1.165) is 17.5 Å². The van der Waals surface area contributed by atoms with Gasteiger partial charge in [-0.05, 0) is 41.7 Å². The van der Waals surface area contributed by atoms with E-state index in [1.807, 2.05) is 6.07 Å². The smallest absolute Gasteiger partial charge is 0.123 e. The van der Waals surface area contributed by atoms with Gasteiger partial charge in [-0.3, -0.25) is 0 Å². The molecule has 0 atom stereocenters. The number of rotatable bonds is 7. The average molecular weight is 270 g/mol. The molecule has 0 saturated heterocycles. The second kappa shape index (κ2) is 7.84. The van der Waals surface area contributed by atoms with Crippen LogP contribution in [0, 0.1) is 5.82 Å². The number of halogens is 1. The molecule has 0 aromatic heterocycles. The first kappa shape index (κ1) is 14.8. The minimum Gasteiger partial charge on any atom is -0.207 e. The van der Waals surface area contributed by atoms with Crippen molar-refractivity contribution in [3.63, 3.8) is 0 Å². The van der Waals surface area contributed by atoms with Gasteiger partial charge in [-0.2, -0.15) is 0 Å². The molecule has 106 valence electrons. The number of aryl methyl sites for hydroxylation is 1. The highest BCUT2D eigenvalue weighted by Crippen LogP contribution is 2.21. The van der Waals surface area contributed by atoms with Gasteiger partial charge in [0.05, 0.1) is 0 Å². The van der Waals surface area contributed by atoms with E-state index in [1.54, 1.807) is 12.1 Å². The molecule has 0 nitrogen and oxygen atoms in total. The maximum absolute atomic E-state index is 13.2. The standard InChI is InChI=1S/C19H23F/c1-2-3-4-5-6-8-16-11-13-17(14-12-16)18-9-7-10-19(20)15-18/h7,9-15H,2-6,8H2,1H3. The third-order valence-electron chi connectivity index (χ3n) is 3.68. The quantitative estimate of drug-likeness (QED) is 0.541. The maximum atomic E-state index is 13.2. The molecule has 0 unspecified atom stereocenters. The number of unbranched alkanes of at least 4 members (excludes halogenated alkanes) is 4. The SMILES string of the molecule is CCCCCCCc1ccc(-c2cccc(F)c2)cc1. The van der Waals surface area contributed by atoms with E-state index in [9.17, 15) is 4.39 Å². The topological polar surface area (TPSA) is 0 Å². The lowest BCUT2D eigenvalue weighted by molar-refractivity contribution is 0.628. The van der Waals surface area contributed by atoms with Gasteiger partial charge < -0.3 is 0 Å². The van der Waals surface area contributed by atoms with Crippen LogP contribution in [0.4, 0.5) is 4.39 Å². The van der Waals surface area contributed by atoms with Gasteiger partial charge in [-0.1, -0.05) is 69.0 Å². The van der Waals surface area contributed by atoms with E-state index in [2.05, 4.69) is 31.2 Å². The highest BCUT2D eigenvalue weighted by atomic mass is 19.1. The highest BCUT2D eigenvalue weighted by molar-refractivity contribution is 5.63. The van der Waals surface area contributed by atoms with E-state index in [1.165, 1.54) is 43.7 Å². The van der Waals surface area contributed by atoms with Gasteiger partial charge in [0.25, 0.3) is 0 Å². The third-order valence-corrected chi connectivity index (χ3v) is 3.68. The average Bonchev–Trinajstić information content (AvgIpc) is 2.48. The van der Waals surface area contributed by atoms with Crippen molar-refractivity contribution in [3.05, 3.63) is 59.9 Å². The minimum absolute atomic E-state index is 0.178. The van der Waals surface area contributed by atoms with Gasteiger partial charge >= 0.3 is 0 Å². The Labute approximate surface area is 121 Å². The third kappa shape index (κ3) is 4.48. The van der Waals surface area contributed by atoms with Crippen LogP contribution in [0.25, 0.3) is 11.1 Å². The van der Waals surface area contributed by atoms with E-state index in [4.69, 9.17) is 0 Å². The van der Waals surface area contributed by atoms with Crippen LogP contribution in [0.2, 0.25) is 0 Å². The summed E-state index contributed by atoms with van der Waals surface area (Å²) in [6.07, 6.45) is 7.71. The van der Waals surface area contributed by atoms with Crippen molar-refractivity contribution in [1.82, 2.24) is 0 Å². The van der Waals surface area contributed by atoms with Crippen molar-refractivity contribution in [3.8, 4) is 11.1 Å². The number of benzene rings is 2. The first-order valence-electron chi connectivity index (χ1n) is 7.64. The van der Waals surface area contributed by atoms with Gasteiger partial charge in [-0.25, -0.2) is 4.39 Å². The molecule has 0 aliphatic carbocycles. The predicted octanol–water partition coefficient (Wildman–Crippen LogP) is 6.01. The first-order valence-corrected chi connectivity index (χ1v) is 7.64. The molecule has 20 heavy (non-hydrogen) atoms. The number of hydrogen-bond acceptors (Lipinski definition) is 0. The van der Waals surface area contributed by atoms with Crippen LogP contribution in [-0.4, -0.2) is 0 Å². The molecule has 0 fully saturated rings. The lowest BCUT2D eigenvalue weighted by Crippen LogP contribution is -1.87. The Hall–Kier alpha value is -1.63. The van der Waals surface area contributed by atoms with Crippen LogP contribution >= 0.6 is 0 Å². The summed E-state index contributed by atoms with van der Waals surface area (Å²) in [6, 6.07) is 15.3. The molecule has 0 spiro atoms. The zero-order valence-corrected chi connectivity index (χ0v) is 12.2. The molecule has 0 saturated carbocycles. The zero-order valence-electron chi connectivity index (χ0n) is 12.2. The van der Waals surface area contributed by atoms with Crippen LogP contribution in [0.15, 0.2) is 48.5 Å². The molecule has 0 heterocycles. The predicted molar refractivity (Wildman–Crippen MR) is 84.3 cm³/mol. The molecule has 2 rings (SSSR count). The fraction of sp³-hybridized carbons (Fsp3) is 0.368. The Kier molecular flexibility index (Phi) is 5.79. The molecular formula is C19H23F. The van der Waals surface area contributed by atoms with E-state index >= 15 is 0 Å². The molecule has 0 radical (unpaired) electrons. The summed E-state index contributed by atoms with van der Waals surface area (Å²) in [6.45, 7) is 2.24. The monoisotopic (exact) mass is 270 g/mol. The fourth-order valence-electron chi connectivity index (χ4n) is 2.46. The van der Waals surface area contributed by atoms with Crippen molar-refractivity contribution in [2.24, 2.45) is 0 Å². The summed E-state index contributed by atoms with van der Waals surface area (Å²) in [4.78, 5) is 0. The van der Waals surface area contributed by atoms with Gasteiger partial charge in [0.15, 0.2) is 0 Å². The van der Waals surface area contributed by atoms with Crippen LogP contribution in [0.3, 0.4) is 0 Å². The summed E-state index contributed by atoms with van der Waals surface area (Å²) < 4.78 is 13.2. The normalized spacial score (nSPS) is 10.7. The molecule has 1 heteroatoms. The largest absolute Gasteiger partial charge is 0.207 e. The number of hydrogen-bond donors (Lipinski definition) is 0. The summed E-state index contributed by atoms with van der Waals surface area (Å²) in [7, 11) is 0. The molecule has 0 bridgehead atoms. The maximum Gasteiger partial charge on any atom is 0.123 e. The molecule has 0 aliphatic rings. The van der Waals surface area contributed by atoms with E-state index < -0.39 is 0 Å². The lowest BCUT2D eigenvalue weighted by atomic mass is 10.0. The summed E-state index contributed by atoms with van der Waals surface area (Å²) in [5.74, 6) is -0.178. The summed E-state index contributed by atoms with van der Waals surface area (Å²) >= 11 is 0. The molecule has 0 N–H and O–H groups in total. The highest BCUT2D eigenvalue weighted by Gasteiger charge is 2.00. The van der Waals surface area contributed by atoms with Crippen LogP contribution in [0.5, 0.6) is 0 Å². The van der Waals surface area contributed by atoms with Crippen LogP contribution in [0.1, 0.15) is 44.6 Å². The van der Waals surface area contributed by atoms with Crippen molar-refractivity contribution in [1.29, 1.82) is 0 Å². The summed E-state index contributed by atoms with van der Waals surface area (Å²) in [5.41, 5.74) is 3.40. The van der Waals surface area contributed by atoms with Crippen molar-refractivity contribution in [2.45, 2.75) is 45.4 Å². The second-order valence-electron chi connectivity index (χ2n) is 5.37. The zero-order chi connectivity index (χ0) is 14.2. The van der Waals surface area contributed by atoms with Crippen molar-refractivity contribution < 1.29 is 4.39 Å². The van der Waals surface area contributed by atoms with Crippen LogP contribution in [-0.2, 0) is 6.42 Å². The Morgan fingerprint density at radius 2 is 1.55 bits per heavy atom. The second-order valence-corrected chi connectivity index (χ2v) is 5.37. The van der Waals surface area contributed by atoms with Crippen LogP contribution < -0.4 is 0 Å². The fourth-order valence-corrected chi connectivity index (χ4v) is 2.46. The molecular weight excluding hydrogens is 247 g/mol. The van der Waals surface area contributed by atoms with E-state index in [-0.39, 0.29) is 5.82 Å². The molecule has 0 amide bonds. The summed E-state index contributed by atoms with van der Waals surface area (Å²) in [5, 5.41) is 0. The van der Waals surface area contributed by atoms with Gasteiger partial charge in [0.1, 0.15) is 5.82 Å². The molecule has 2 aromatic rings. The lowest BCUT2D eigenvalue weighted by Gasteiger charge is -2.05. The minimum atomic E-state index is -0.178. The first-order chi connectivity index (χ1) is 9.79. The Morgan fingerprint density at radius 3 is 2.25 bits per heavy atom.